The highest BCUT2D eigenvalue weighted by Gasteiger charge is 2.13. The predicted molar refractivity (Wildman–Crippen MR) is 79.3 cm³/mol. The highest BCUT2D eigenvalue weighted by molar-refractivity contribution is 5.22. The molecule has 0 aliphatic carbocycles. The van der Waals surface area contributed by atoms with Crippen molar-refractivity contribution in [3.63, 3.8) is 0 Å². The summed E-state index contributed by atoms with van der Waals surface area (Å²) in [6.07, 6.45) is 0.631. The molecular formula is C17H19F2NO. The number of ether oxygens (including phenoxy) is 1. The maximum atomic E-state index is 13.3. The quantitative estimate of drug-likeness (QED) is 0.830. The Labute approximate surface area is 123 Å². The van der Waals surface area contributed by atoms with Crippen LogP contribution in [0, 0.1) is 11.6 Å². The molecular weight excluding hydrogens is 272 g/mol. The summed E-state index contributed by atoms with van der Waals surface area (Å²) in [6.45, 7) is 3.15. The fourth-order valence-electron chi connectivity index (χ4n) is 2.22. The molecule has 4 heteroatoms. The first-order valence-electron chi connectivity index (χ1n) is 7.06. The third-order valence-electron chi connectivity index (χ3n) is 3.16. The average Bonchev–Trinajstić information content (AvgIpc) is 2.46. The van der Waals surface area contributed by atoms with E-state index in [0.717, 1.165) is 11.8 Å². The van der Waals surface area contributed by atoms with E-state index in [1.54, 1.807) is 0 Å². The standard InChI is InChI=1S/C17H19F2NO/c1-2-20-17(13-10-14(18)12-15(19)11-13)8-9-21-16-6-4-3-5-7-16/h3-7,10-12,17,20H,2,8-9H2,1H3. The van der Waals surface area contributed by atoms with Gasteiger partial charge < -0.3 is 10.1 Å². The SMILES string of the molecule is CCNC(CCOc1ccccc1)c1cc(F)cc(F)c1. The van der Waals surface area contributed by atoms with Gasteiger partial charge in [-0.1, -0.05) is 25.1 Å². The van der Waals surface area contributed by atoms with Crippen LogP contribution in [0.25, 0.3) is 0 Å². The van der Waals surface area contributed by atoms with Crippen LogP contribution in [0.5, 0.6) is 5.75 Å². The van der Waals surface area contributed by atoms with Crippen molar-refractivity contribution in [1.82, 2.24) is 5.32 Å². The van der Waals surface area contributed by atoms with E-state index >= 15 is 0 Å². The molecule has 0 heterocycles. The van der Waals surface area contributed by atoms with Gasteiger partial charge in [0.15, 0.2) is 0 Å². The number of hydrogen-bond donors (Lipinski definition) is 1. The lowest BCUT2D eigenvalue weighted by atomic mass is 10.0. The molecule has 21 heavy (non-hydrogen) atoms. The first kappa shape index (κ1) is 15.4. The van der Waals surface area contributed by atoms with Crippen LogP contribution < -0.4 is 10.1 Å². The minimum Gasteiger partial charge on any atom is -0.494 e. The second kappa shape index (κ2) is 7.74. The Morgan fingerprint density at radius 1 is 1.05 bits per heavy atom. The second-order valence-electron chi connectivity index (χ2n) is 4.76. The molecule has 1 N–H and O–H groups in total. The maximum Gasteiger partial charge on any atom is 0.126 e. The van der Waals surface area contributed by atoms with Crippen LogP contribution in [0.4, 0.5) is 8.78 Å². The normalized spacial score (nSPS) is 12.1. The van der Waals surface area contributed by atoms with E-state index in [-0.39, 0.29) is 6.04 Å². The van der Waals surface area contributed by atoms with Gasteiger partial charge in [0, 0.05) is 18.5 Å². The van der Waals surface area contributed by atoms with Gasteiger partial charge in [-0.15, -0.1) is 0 Å². The third kappa shape index (κ3) is 4.83. The van der Waals surface area contributed by atoms with Crippen LogP contribution in [0.2, 0.25) is 0 Å². The second-order valence-corrected chi connectivity index (χ2v) is 4.76. The van der Waals surface area contributed by atoms with E-state index in [2.05, 4.69) is 5.32 Å². The lowest BCUT2D eigenvalue weighted by Gasteiger charge is -2.19. The van der Waals surface area contributed by atoms with Crippen molar-refractivity contribution in [2.75, 3.05) is 13.2 Å². The molecule has 0 saturated heterocycles. The van der Waals surface area contributed by atoms with Gasteiger partial charge >= 0.3 is 0 Å². The topological polar surface area (TPSA) is 21.3 Å². The molecule has 0 fully saturated rings. The summed E-state index contributed by atoms with van der Waals surface area (Å²) >= 11 is 0. The van der Waals surface area contributed by atoms with Gasteiger partial charge in [-0.3, -0.25) is 0 Å². The average molecular weight is 291 g/mol. The summed E-state index contributed by atoms with van der Waals surface area (Å²) in [5.74, 6) is -0.327. The number of hydrogen-bond acceptors (Lipinski definition) is 2. The molecule has 0 amide bonds. The fourth-order valence-corrected chi connectivity index (χ4v) is 2.22. The van der Waals surface area contributed by atoms with Gasteiger partial charge in [0.1, 0.15) is 17.4 Å². The number of rotatable bonds is 7. The van der Waals surface area contributed by atoms with Crippen molar-refractivity contribution >= 4 is 0 Å². The zero-order chi connectivity index (χ0) is 15.1. The van der Waals surface area contributed by atoms with Crippen molar-refractivity contribution in [2.45, 2.75) is 19.4 Å². The van der Waals surface area contributed by atoms with Gasteiger partial charge in [0.25, 0.3) is 0 Å². The van der Waals surface area contributed by atoms with Gasteiger partial charge in [-0.2, -0.15) is 0 Å². The molecule has 0 aliphatic heterocycles. The maximum absolute atomic E-state index is 13.3. The molecule has 112 valence electrons. The van der Waals surface area contributed by atoms with Crippen molar-refractivity contribution in [1.29, 1.82) is 0 Å². The highest BCUT2D eigenvalue weighted by atomic mass is 19.1. The van der Waals surface area contributed by atoms with Crippen molar-refractivity contribution in [3.8, 4) is 5.75 Å². The van der Waals surface area contributed by atoms with Crippen molar-refractivity contribution in [3.05, 3.63) is 65.7 Å². The summed E-state index contributed by atoms with van der Waals surface area (Å²) in [5.41, 5.74) is 0.603. The number of para-hydroxylation sites is 1. The van der Waals surface area contributed by atoms with Gasteiger partial charge in [0.05, 0.1) is 6.61 Å². The molecule has 0 radical (unpaired) electrons. The lowest BCUT2D eigenvalue weighted by molar-refractivity contribution is 0.287. The minimum atomic E-state index is -0.558. The van der Waals surface area contributed by atoms with Crippen molar-refractivity contribution < 1.29 is 13.5 Å². The summed E-state index contributed by atoms with van der Waals surface area (Å²) in [6, 6.07) is 12.9. The molecule has 0 bridgehead atoms. The smallest absolute Gasteiger partial charge is 0.126 e. The summed E-state index contributed by atoms with van der Waals surface area (Å²) < 4.78 is 32.3. The van der Waals surface area contributed by atoms with Crippen LogP contribution in [-0.4, -0.2) is 13.2 Å². The first-order valence-corrected chi connectivity index (χ1v) is 7.06. The summed E-state index contributed by atoms with van der Waals surface area (Å²) in [7, 11) is 0. The Hall–Kier alpha value is -1.94. The molecule has 2 rings (SSSR count). The predicted octanol–water partition coefficient (Wildman–Crippen LogP) is 4.08. The number of nitrogens with one attached hydrogen (secondary N) is 1. The van der Waals surface area contributed by atoms with E-state index in [1.807, 2.05) is 37.3 Å². The van der Waals surface area contributed by atoms with Crippen LogP contribution in [-0.2, 0) is 0 Å². The third-order valence-corrected chi connectivity index (χ3v) is 3.16. The molecule has 0 spiro atoms. The molecule has 2 nitrogen and oxygen atoms in total. The van der Waals surface area contributed by atoms with Gasteiger partial charge in [0.2, 0.25) is 0 Å². The summed E-state index contributed by atoms with van der Waals surface area (Å²) in [4.78, 5) is 0. The Balaban J connectivity index is 1.98. The lowest BCUT2D eigenvalue weighted by Crippen LogP contribution is -2.23. The molecule has 0 aliphatic rings. The number of halogens is 2. The van der Waals surface area contributed by atoms with Crippen LogP contribution in [0.1, 0.15) is 24.9 Å². The van der Waals surface area contributed by atoms with Gasteiger partial charge in [-0.25, -0.2) is 8.78 Å². The Kier molecular flexibility index (Phi) is 5.69. The van der Waals surface area contributed by atoms with Crippen LogP contribution >= 0.6 is 0 Å². The molecule has 2 aromatic rings. The van der Waals surface area contributed by atoms with E-state index < -0.39 is 11.6 Å². The van der Waals surface area contributed by atoms with E-state index in [0.29, 0.717) is 25.1 Å². The summed E-state index contributed by atoms with van der Waals surface area (Å²) in [5, 5.41) is 3.23. The molecule has 0 saturated carbocycles. The monoisotopic (exact) mass is 291 g/mol. The van der Waals surface area contributed by atoms with Gasteiger partial charge in [-0.05, 0) is 36.4 Å². The Morgan fingerprint density at radius 3 is 2.33 bits per heavy atom. The van der Waals surface area contributed by atoms with Crippen molar-refractivity contribution in [2.24, 2.45) is 0 Å². The van der Waals surface area contributed by atoms with E-state index in [9.17, 15) is 8.78 Å². The fraction of sp³-hybridized carbons (Fsp3) is 0.294. The number of benzene rings is 2. The minimum absolute atomic E-state index is 0.135. The Bertz CT molecular complexity index is 540. The molecule has 1 atom stereocenters. The highest BCUT2D eigenvalue weighted by Crippen LogP contribution is 2.20. The molecule has 1 unspecified atom stereocenters. The Morgan fingerprint density at radius 2 is 1.71 bits per heavy atom. The molecule has 0 aromatic heterocycles. The van der Waals surface area contributed by atoms with E-state index in [4.69, 9.17) is 4.74 Å². The van der Waals surface area contributed by atoms with Crippen LogP contribution in [0.3, 0.4) is 0 Å². The first-order chi connectivity index (χ1) is 10.2. The zero-order valence-electron chi connectivity index (χ0n) is 12.0. The van der Waals surface area contributed by atoms with E-state index in [1.165, 1.54) is 12.1 Å². The largest absolute Gasteiger partial charge is 0.494 e. The molecule has 2 aromatic carbocycles. The zero-order valence-corrected chi connectivity index (χ0v) is 12.0. The van der Waals surface area contributed by atoms with Crippen LogP contribution in [0.15, 0.2) is 48.5 Å².